The normalized spacial score (nSPS) is 11.7. The summed E-state index contributed by atoms with van der Waals surface area (Å²) in [5.74, 6) is -1.36. The molecule has 0 saturated carbocycles. The minimum atomic E-state index is -4.05. The van der Waals surface area contributed by atoms with Gasteiger partial charge in [-0.25, -0.2) is 13.1 Å². The van der Waals surface area contributed by atoms with Gasteiger partial charge in [0.25, 0.3) is 15.9 Å². The van der Waals surface area contributed by atoms with Gasteiger partial charge in [-0.3, -0.25) is 14.4 Å². The highest BCUT2D eigenvalue weighted by atomic mass is 32.2. The summed E-state index contributed by atoms with van der Waals surface area (Å²) < 4.78 is 26.0. The molecule has 132 valence electrons. The van der Waals surface area contributed by atoms with Crippen molar-refractivity contribution in [2.75, 3.05) is 6.54 Å². The van der Waals surface area contributed by atoms with E-state index in [1.165, 1.54) is 31.2 Å². The summed E-state index contributed by atoms with van der Waals surface area (Å²) in [6, 6.07) is 5.22. The molecule has 24 heavy (non-hydrogen) atoms. The third-order valence-corrected chi connectivity index (χ3v) is 4.35. The number of Topliss-reactive ketones (excluding diaryl/α,β-unsaturated/α-hetero) is 1. The lowest BCUT2D eigenvalue weighted by molar-refractivity contribution is -0.126. The average Bonchev–Trinajstić information content (AvgIpc) is 2.43. The maximum absolute atomic E-state index is 12.1. The summed E-state index contributed by atoms with van der Waals surface area (Å²) in [5, 5.41) is 2.38. The van der Waals surface area contributed by atoms with Crippen LogP contribution < -0.4 is 10.0 Å². The second kappa shape index (κ2) is 7.57. The zero-order valence-corrected chi connectivity index (χ0v) is 15.0. The van der Waals surface area contributed by atoms with E-state index < -0.39 is 22.5 Å². The fourth-order valence-corrected chi connectivity index (χ4v) is 2.82. The molecule has 7 nitrogen and oxygen atoms in total. The van der Waals surface area contributed by atoms with Crippen molar-refractivity contribution in [2.24, 2.45) is 5.41 Å². The summed E-state index contributed by atoms with van der Waals surface area (Å²) in [5.41, 5.74) is 0.139. The van der Waals surface area contributed by atoms with Crippen LogP contribution in [-0.2, 0) is 19.6 Å². The van der Waals surface area contributed by atoms with Gasteiger partial charge < -0.3 is 5.32 Å². The molecule has 0 saturated heterocycles. The van der Waals surface area contributed by atoms with Crippen molar-refractivity contribution in [3.8, 4) is 0 Å². The Hall–Kier alpha value is -2.22. The van der Waals surface area contributed by atoms with Crippen LogP contribution >= 0.6 is 0 Å². The first-order valence-electron chi connectivity index (χ1n) is 7.34. The number of rotatable bonds is 6. The highest BCUT2D eigenvalue weighted by molar-refractivity contribution is 7.90. The third-order valence-electron chi connectivity index (χ3n) is 2.96. The van der Waals surface area contributed by atoms with Crippen LogP contribution in [-0.4, -0.2) is 32.6 Å². The van der Waals surface area contributed by atoms with E-state index in [1.54, 1.807) is 0 Å². The Bertz CT molecular complexity index is 731. The van der Waals surface area contributed by atoms with Gasteiger partial charge >= 0.3 is 0 Å². The maximum atomic E-state index is 12.1. The molecule has 8 heteroatoms. The lowest BCUT2D eigenvalue weighted by Gasteiger charge is -2.17. The largest absolute Gasteiger partial charge is 0.347 e. The monoisotopic (exact) mass is 354 g/mol. The molecule has 1 rings (SSSR count). The van der Waals surface area contributed by atoms with Crippen molar-refractivity contribution in [3.63, 3.8) is 0 Å². The Morgan fingerprint density at radius 1 is 1.00 bits per heavy atom. The molecule has 0 aliphatic carbocycles. The van der Waals surface area contributed by atoms with Crippen LogP contribution in [0.3, 0.4) is 0 Å². The van der Waals surface area contributed by atoms with Crippen molar-refractivity contribution in [1.82, 2.24) is 10.0 Å². The third kappa shape index (κ3) is 6.49. The van der Waals surface area contributed by atoms with Gasteiger partial charge in [0.05, 0.1) is 11.4 Å². The topological polar surface area (TPSA) is 109 Å². The highest BCUT2D eigenvalue weighted by Crippen LogP contribution is 2.17. The predicted molar refractivity (Wildman–Crippen MR) is 88.9 cm³/mol. The van der Waals surface area contributed by atoms with E-state index in [-0.39, 0.29) is 28.4 Å². The molecule has 0 spiro atoms. The van der Waals surface area contributed by atoms with Gasteiger partial charge in [0, 0.05) is 12.0 Å². The van der Waals surface area contributed by atoms with E-state index >= 15 is 0 Å². The number of benzene rings is 1. The molecule has 0 atom stereocenters. The first-order chi connectivity index (χ1) is 10.9. The molecule has 0 heterocycles. The number of amides is 2. The van der Waals surface area contributed by atoms with Crippen molar-refractivity contribution in [1.29, 1.82) is 0 Å². The van der Waals surface area contributed by atoms with E-state index in [1.807, 2.05) is 25.5 Å². The van der Waals surface area contributed by atoms with E-state index in [0.29, 0.717) is 5.56 Å². The summed E-state index contributed by atoms with van der Waals surface area (Å²) in [7, 11) is -4.05. The molecular formula is C16H22N2O5S. The van der Waals surface area contributed by atoms with Gasteiger partial charge in [-0.1, -0.05) is 32.9 Å². The van der Waals surface area contributed by atoms with Gasteiger partial charge in [-0.05, 0) is 24.5 Å². The molecule has 0 aliphatic rings. The first-order valence-corrected chi connectivity index (χ1v) is 8.82. The van der Waals surface area contributed by atoms with Gasteiger partial charge in [0.2, 0.25) is 5.91 Å². The summed E-state index contributed by atoms with van der Waals surface area (Å²) in [4.78, 5) is 34.4. The van der Waals surface area contributed by atoms with Gasteiger partial charge in [-0.2, -0.15) is 0 Å². The van der Waals surface area contributed by atoms with Gasteiger partial charge in [0.15, 0.2) is 5.78 Å². The van der Waals surface area contributed by atoms with Gasteiger partial charge in [0.1, 0.15) is 0 Å². The quantitative estimate of drug-likeness (QED) is 0.747. The van der Waals surface area contributed by atoms with E-state index in [2.05, 4.69) is 5.32 Å². The molecule has 0 aromatic heterocycles. The fraction of sp³-hybridized carbons (Fsp3) is 0.438. The van der Waals surface area contributed by atoms with Crippen molar-refractivity contribution in [3.05, 3.63) is 29.8 Å². The lowest BCUT2D eigenvalue weighted by Crippen LogP contribution is -2.40. The van der Waals surface area contributed by atoms with Crippen LogP contribution in [0, 0.1) is 5.41 Å². The number of sulfonamides is 1. The SMILES string of the molecule is CC(=O)c1ccc(S(=O)(=O)NC(=O)CNC(=O)CC(C)(C)C)cc1. The molecule has 0 aliphatic heterocycles. The molecule has 1 aromatic rings. The molecule has 1 aromatic carbocycles. The van der Waals surface area contributed by atoms with E-state index in [4.69, 9.17) is 0 Å². The predicted octanol–water partition coefficient (Wildman–Crippen LogP) is 1.25. The fourth-order valence-electron chi connectivity index (χ4n) is 1.84. The molecule has 0 fully saturated rings. The van der Waals surface area contributed by atoms with Gasteiger partial charge in [-0.15, -0.1) is 0 Å². The zero-order chi connectivity index (χ0) is 18.5. The Morgan fingerprint density at radius 3 is 2.00 bits per heavy atom. The second-order valence-corrected chi connectivity index (χ2v) is 8.31. The number of hydrogen-bond donors (Lipinski definition) is 2. The molecule has 0 bridgehead atoms. The van der Waals surface area contributed by atoms with E-state index in [0.717, 1.165) is 0 Å². The van der Waals surface area contributed by atoms with Crippen LogP contribution in [0.2, 0.25) is 0 Å². The zero-order valence-electron chi connectivity index (χ0n) is 14.2. The molecule has 0 unspecified atom stereocenters. The molecule has 2 N–H and O–H groups in total. The van der Waals surface area contributed by atoms with Crippen LogP contribution in [0.5, 0.6) is 0 Å². The second-order valence-electron chi connectivity index (χ2n) is 6.62. The minimum Gasteiger partial charge on any atom is -0.347 e. The minimum absolute atomic E-state index is 0.137. The Morgan fingerprint density at radius 2 is 1.54 bits per heavy atom. The van der Waals surface area contributed by atoms with Crippen molar-refractivity contribution in [2.45, 2.75) is 39.0 Å². The number of nitrogens with one attached hydrogen (secondary N) is 2. The molecule has 0 radical (unpaired) electrons. The summed E-state index contributed by atoms with van der Waals surface area (Å²) >= 11 is 0. The highest BCUT2D eigenvalue weighted by Gasteiger charge is 2.20. The van der Waals surface area contributed by atoms with Crippen LogP contribution in [0.25, 0.3) is 0 Å². The van der Waals surface area contributed by atoms with Crippen LogP contribution in [0.15, 0.2) is 29.2 Å². The standard InChI is InChI=1S/C16H22N2O5S/c1-11(19)12-5-7-13(8-6-12)24(22,23)18-15(21)10-17-14(20)9-16(2,3)4/h5-8H,9-10H2,1-4H3,(H,17,20)(H,18,21). The maximum Gasteiger partial charge on any atom is 0.264 e. The Labute approximate surface area is 141 Å². The number of ketones is 1. The number of carbonyl (C=O) groups is 3. The Balaban J connectivity index is 2.65. The van der Waals surface area contributed by atoms with E-state index in [9.17, 15) is 22.8 Å². The van der Waals surface area contributed by atoms with Crippen molar-refractivity contribution < 1.29 is 22.8 Å². The summed E-state index contributed by atoms with van der Waals surface area (Å²) in [6.45, 7) is 6.57. The lowest BCUT2D eigenvalue weighted by atomic mass is 9.92. The Kier molecular flexibility index (Phi) is 6.25. The number of hydrogen-bond acceptors (Lipinski definition) is 5. The van der Waals surface area contributed by atoms with Crippen molar-refractivity contribution >= 4 is 27.6 Å². The summed E-state index contributed by atoms with van der Waals surface area (Å²) in [6.07, 6.45) is 0.222. The van der Waals surface area contributed by atoms with Crippen LogP contribution in [0.4, 0.5) is 0 Å². The smallest absolute Gasteiger partial charge is 0.264 e. The molecule has 2 amide bonds. The number of carbonyl (C=O) groups excluding carboxylic acids is 3. The van der Waals surface area contributed by atoms with Crippen LogP contribution in [0.1, 0.15) is 44.5 Å². The first kappa shape index (κ1) is 19.8. The average molecular weight is 354 g/mol. The molecular weight excluding hydrogens is 332 g/mol.